The van der Waals surface area contributed by atoms with Gasteiger partial charge in [-0.15, -0.1) is 0 Å². The van der Waals surface area contributed by atoms with Crippen molar-refractivity contribution < 1.29 is 14.3 Å². The number of anilines is 1. The number of amides is 1. The monoisotopic (exact) mass is 399 g/mol. The second-order valence-electron chi connectivity index (χ2n) is 6.45. The molecular weight excluding hydrogens is 374 g/mol. The van der Waals surface area contributed by atoms with E-state index in [1.165, 1.54) is 5.56 Å². The number of morpholine rings is 1. The van der Waals surface area contributed by atoms with E-state index in [2.05, 4.69) is 27.7 Å². The zero-order chi connectivity index (χ0) is 19.8. The molecule has 1 saturated heterocycles. The molecular formula is C21H25N3O3S. The first-order valence-electron chi connectivity index (χ1n) is 9.38. The van der Waals surface area contributed by atoms with Crippen molar-refractivity contribution >= 4 is 28.9 Å². The Labute approximate surface area is 170 Å². The van der Waals surface area contributed by atoms with Crippen LogP contribution in [-0.2, 0) is 11.3 Å². The van der Waals surface area contributed by atoms with Crippen LogP contribution in [-0.4, -0.2) is 48.8 Å². The van der Waals surface area contributed by atoms with Crippen LogP contribution in [0.4, 0.5) is 5.69 Å². The Kier molecular flexibility index (Phi) is 7.36. The molecule has 2 N–H and O–H groups in total. The Morgan fingerprint density at radius 1 is 1.11 bits per heavy atom. The average molecular weight is 400 g/mol. The number of hydrogen-bond acceptors (Lipinski definition) is 5. The van der Waals surface area contributed by atoms with Gasteiger partial charge in [-0.1, -0.05) is 12.1 Å². The van der Waals surface area contributed by atoms with Gasteiger partial charge in [0.25, 0.3) is 5.91 Å². The molecule has 2 aromatic rings. The number of carbonyl (C=O) groups excluding carboxylic acids is 1. The van der Waals surface area contributed by atoms with Crippen LogP contribution in [0.1, 0.15) is 22.8 Å². The van der Waals surface area contributed by atoms with Crippen LogP contribution in [0, 0.1) is 0 Å². The summed E-state index contributed by atoms with van der Waals surface area (Å²) >= 11 is 5.25. The molecule has 3 rings (SSSR count). The van der Waals surface area contributed by atoms with Crippen molar-refractivity contribution in [2.75, 3.05) is 38.2 Å². The molecule has 1 fully saturated rings. The smallest absolute Gasteiger partial charge is 0.257 e. The van der Waals surface area contributed by atoms with Crippen LogP contribution < -0.4 is 15.4 Å². The minimum atomic E-state index is -0.260. The highest BCUT2D eigenvalue weighted by Gasteiger charge is 2.11. The zero-order valence-corrected chi connectivity index (χ0v) is 16.8. The van der Waals surface area contributed by atoms with Gasteiger partial charge in [0.2, 0.25) is 0 Å². The van der Waals surface area contributed by atoms with Crippen molar-refractivity contribution in [2.45, 2.75) is 13.5 Å². The quantitative estimate of drug-likeness (QED) is 0.728. The lowest BCUT2D eigenvalue weighted by Crippen LogP contribution is -2.35. The number of ether oxygens (including phenoxy) is 2. The lowest BCUT2D eigenvalue weighted by Gasteiger charge is -2.26. The van der Waals surface area contributed by atoms with Gasteiger partial charge in [-0.2, -0.15) is 0 Å². The number of hydrogen-bond donors (Lipinski definition) is 2. The van der Waals surface area contributed by atoms with Crippen LogP contribution in [0.3, 0.4) is 0 Å². The molecule has 1 heterocycles. The van der Waals surface area contributed by atoms with Crippen LogP contribution in [0.25, 0.3) is 0 Å². The molecule has 0 aromatic heterocycles. The summed E-state index contributed by atoms with van der Waals surface area (Å²) in [6, 6.07) is 15.0. The molecule has 2 aromatic carbocycles. The number of thiocarbonyl (C=S) groups is 1. The fourth-order valence-electron chi connectivity index (χ4n) is 2.92. The Balaban J connectivity index is 1.49. The van der Waals surface area contributed by atoms with E-state index in [4.69, 9.17) is 21.7 Å². The van der Waals surface area contributed by atoms with Gasteiger partial charge in [0.15, 0.2) is 5.11 Å². The second kappa shape index (κ2) is 10.2. The molecule has 28 heavy (non-hydrogen) atoms. The normalized spacial score (nSPS) is 14.3. The van der Waals surface area contributed by atoms with Crippen molar-refractivity contribution in [1.82, 2.24) is 10.2 Å². The summed E-state index contributed by atoms with van der Waals surface area (Å²) in [6.45, 7) is 6.92. The summed E-state index contributed by atoms with van der Waals surface area (Å²) in [6.07, 6.45) is 0. The van der Waals surface area contributed by atoms with Gasteiger partial charge in [-0.05, 0) is 61.1 Å². The maximum absolute atomic E-state index is 12.3. The van der Waals surface area contributed by atoms with Gasteiger partial charge < -0.3 is 14.8 Å². The minimum Gasteiger partial charge on any atom is -0.494 e. The number of rotatable bonds is 6. The Hall–Kier alpha value is -2.48. The van der Waals surface area contributed by atoms with Crippen LogP contribution in [0.5, 0.6) is 5.75 Å². The summed E-state index contributed by atoms with van der Waals surface area (Å²) in [5, 5.41) is 6.00. The van der Waals surface area contributed by atoms with Crippen molar-refractivity contribution in [1.29, 1.82) is 0 Å². The van der Waals surface area contributed by atoms with E-state index in [0.717, 1.165) is 44.3 Å². The fourth-order valence-corrected chi connectivity index (χ4v) is 3.13. The van der Waals surface area contributed by atoms with Crippen LogP contribution in [0.15, 0.2) is 48.5 Å². The topological polar surface area (TPSA) is 62.8 Å². The maximum Gasteiger partial charge on any atom is 0.257 e. The van der Waals surface area contributed by atoms with E-state index in [-0.39, 0.29) is 11.0 Å². The second-order valence-corrected chi connectivity index (χ2v) is 6.86. The number of benzene rings is 2. The fraction of sp³-hybridized carbons (Fsp3) is 0.333. The molecule has 148 valence electrons. The molecule has 7 heteroatoms. The van der Waals surface area contributed by atoms with E-state index in [1.807, 2.05) is 19.1 Å². The van der Waals surface area contributed by atoms with E-state index in [1.54, 1.807) is 24.3 Å². The summed E-state index contributed by atoms with van der Waals surface area (Å²) in [5.41, 5.74) is 2.59. The molecule has 0 spiro atoms. The van der Waals surface area contributed by atoms with Crippen molar-refractivity contribution in [3.63, 3.8) is 0 Å². The summed E-state index contributed by atoms with van der Waals surface area (Å²) in [5.74, 6) is 0.474. The molecule has 1 aliphatic rings. The van der Waals surface area contributed by atoms with Gasteiger partial charge in [-0.3, -0.25) is 15.0 Å². The SMILES string of the molecule is CCOc1ccc(C(=O)NC(=S)Nc2ccc(CN3CCOCC3)cc2)cc1. The Bertz CT molecular complexity index is 788. The van der Waals surface area contributed by atoms with Crippen LogP contribution in [0.2, 0.25) is 0 Å². The van der Waals surface area contributed by atoms with Gasteiger partial charge in [0.1, 0.15) is 5.75 Å². The van der Waals surface area contributed by atoms with Gasteiger partial charge >= 0.3 is 0 Å². The summed E-state index contributed by atoms with van der Waals surface area (Å²) < 4.78 is 10.8. The molecule has 6 nitrogen and oxygen atoms in total. The summed E-state index contributed by atoms with van der Waals surface area (Å²) in [7, 11) is 0. The molecule has 0 aliphatic carbocycles. The molecule has 1 amide bonds. The molecule has 0 atom stereocenters. The largest absolute Gasteiger partial charge is 0.494 e. The minimum absolute atomic E-state index is 0.260. The van der Waals surface area contributed by atoms with E-state index in [9.17, 15) is 4.79 Å². The third-order valence-electron chi connectivity index (χ3n) is 4.38. The lowest BCUT2D eigenvalue weighted by atomic mass is 10.2. The van der Waals surface area contributed by atoms with Crippen molar-refractivity contribution in [2.24, 2.45) is 0 Å². The molecule has 1 aliphatic heterocycles. The highest BCUT2D eigenvalue weighted by molar-refractivity contribution is 7.80. The number of nitrogens with zero attached hydrogens (tertiary/aromatic N) is 1. The molecule has 0 bridgehead atoms. The number of carbonyl (C=O) groups is 1. The third-order valence-corrected chi connectivity index (χ3v) is 4.58. The average Bonchev–Trinajstić information content (AvgIpc) is 2.71. The zero-order valence-electron chi connectivity index (χ0n) is 15.9. The first-order valence-corrected chi connectivity index (χ1v) is 9.79. The molecule has 0 saturated carbocycles. The van der Waals surface area contributed by atoms with E-state index in [0.29, 0.717) is 12.2 Å². The van der Waals surface area contributed by atoms with Gasteiger partial charge in [0.05, 0.1) is 19.8 Å². The lowest BCUT2D eigenvalue weighted by molar-refractivity contribution is 0.0342. The Morgan fingerprint density at radius 3 is 2.43 bits per heavy atom. The van der Waals surface area contributed by atoms with Crippen molar-refractivity contribution in [3.8, 4) is 5.75 Å². The highest BCUT2D eigenvalue weighted by Crippen LogP contribution is 2.14. The predicted molar refractivity (Wildman–Crippen MR) is 114 cm³/mol. The van der Waals surface area contributed by atoms with E-state index >= 15 is 0 Å². The predicted octanol–water partition coefficient (Wildman–Crippen LogP) is 3.04. The number of nitrogens with one attached hydrogen (secondary N) is 2. The van der Waals surface area contributed by atoms with Crippen LogP contribution >= 0.6 is 12.2 Å². The molecule has 0 radical (unpaired) electrons. The first kappa shape index (κ1) is 20.3. The van der Waals surface area contributed by atoms with Crippen molar-refractivity contribution in [3.05, 3.63) is 59.7 Å². The maximum atomic E-state index is 12.3. The Morgan fingerprint density at radius 2 is 1.79 bits per heavy atom. The first-order chi connectivity index (χ1) is 13.6. The molecule has 0 unspecified atom stereocenters. The highest BCUT2D eigenvalue weighted by atomic mass is 32.1. The van der Waals surface area contributed by atoms with E-state index < -0.39 is 0 Å². The summed E-state index contributed by atoms with van der Waals surface area (Å²) in [4.78, 5) is 14.7. The van der Waals surface area contributed by atoms with Gasteiger partial charge in [-0.25, -0.2) is 0 Å². The standard InChI is InChI=1S/C21H25N3O3S/c1-2-27-19-9-5-17(6-10-19)20(25)23-21(28)22-18-7-3-16(4-8-18)15-24-11-13-26-14-12-24/h3-10H,2,11-15H2,1H3,(H2,22,23,25,28). The third kappa shape index (κ3) is 6.02. The van der Waals surface area contributed by atoms with Gasteiger partial charge in [0, 0.05) is 30.9 Å².